The molecule has 0 saturated heterocycles. The number of aromatic nitrogens is 5. The fraction of sp³-hybridized carbons (Fsp3) is 0.308. The molecule has 0 N–H and O–H groups in total. The van der Waals surface area contributed by atoms with Gasteiger partial charge in [0.2, 0.25) is 0 Å². The number of halogens is 1. The molecular weight excluding hydrogens is 262 g/mol. The maximum absolute atomic E-state index is 6.00. The first-order chi connectivity index (χ1) is 9.20. The lowest BCUT2D eigenvalue weighted by Crippen LogP contribution is -2.09. The summed E-state index contributed by atoms with van der Waals surface area (Å²) in [6, 6.07) is 1.96. The normalized spacial score (nSPS) is 11.3. The minimum absolute atomic E-state index is 0.361. The van der Waals surface area contributed by atoms with Crippen molar-refractivity contribution in [3.05, 3.63) is 41.9 Å². The van der Waals surface area contributed by atoms with Crippen LogP contribution in [0.1, 0.15) is 17.2 Å². The molecule has 0 saturated carbocycles. The summed E-state index contributed by atoms with van der Waals surface area (Å²) < 4.78 is 4.01. The van der Waals surface area contributed by atoms with Gasteiger partial charge in [0, 0.05) is 25.6 Å². The summed E-state index contributed by atoms with van der Waals surface area (Å²) >= 11 is 6.00. The summed E-state index contributed by atoms with van der Waals surface area (Å²) in [5.74, 6) is 2.13. The van der Waals surface area contributed by atoms with E-state index in [2.05, 4.69) is 15.0 Å². The predicted molar refractivity (Wildman–Crippen MR) is 74.1 cm³/mol. The molecular formula is C13H14ClN5. The Morgan fingerprint density at radius 3 is 2.74 bits per heavy atom. The van der Waals surface area contributed by atoms with Gasteiger partial charge in [-0.2, -0.15) is 0 Å². The van der Waals surface area contributed by atoms with Crippen LogP contribution in [0.2, 0.25) is 0 Å². The first kappa shape index (κ1) is 12.2. The van der Waals surface area contributed by atoms with Gasteiger partial charge in [0.15, 0.2) is 5.65 Å². The Kier molecular flexibility index (Phi) is 2.98. The van der Waals surface area contributed by atoms with Crippen molar-refractivity contribution < 1.29 is 0 Å². The van der Waals surface area contributed by atoms with Gasteiger partial charge >= 0.3 is 0 Å². The molecule has 3 aromatic rings. The van der Waals surface area contributed by atoms with Crippen molar-refractivity contribution >= 4 is 22.8 Å². The smallest absolute Gasteiger partial charge is 0.160 e. The van der Waals surface area contributed by atoms with Crippen molar-refractivity contribution in [2.24, 2.45) is 7.05 Å². The monoisotopic (exact) mass is 275 g/mol. The van der Waals surface area contributed by atoms with Gasteiger partial charge in [-0.1, -0.05) is 0 Å². The third kappa shape index (κ3) is 2.00. The number of hydrogen-bond donors (Lipinski definition) is 0. The highest BCUT2D eigenvalue weighted by Gasteiger charge is 2.14. The summed E-state index contributed by atoms with van der Waals surface area (Å²) in [4.78, 5) is 13.3. The minimum atomic E-state index is 0.361. The second kappa shape index (κ2) is 4.66. The fourth-order valence-electron chi connectivity index (χ4n) is 2.14. The highest BCUT2D eigenvalue weighted by molar-refractivity contribution is 6.16. The molecule has 0 aliphatic carbocycles. The number of pyridine rings is 1. The number of hydrogen-bond acceptors (Lipinski definition) is 3. The average molecular weight is 276 g/mol. The summed E-state index contributed by atoms with van der Waals surface area (Å²) in [5.41, 5.74) is 2.88. The topological polar surface area (TPSA) is 48.5 Å². The maximum atomic E-state index is 6.00. The van der Waals surface area contributed by atoms with E-state index < -0.39 is 0 Å². The van der Waals surface area contributed by atoms with Gasteiger partial charge in [-0.3, -0.25) is 0 Å². The zero-order valence-electron chi connectivity index (χ0n) is 10.8. The standard InChI is InChI=1S/C13H14ClN5/c1-9-3-4-16-13-12(9)17-10(7-14)19(13)8-11-15-5-6-18(11)2/h3-6H,7-8H2,1-2H3. The highest BCUT2D eigenvalue weighted by Crippen LogP contribution is 2.19. The molecule has 0 atom stereocenters. The van der Waals surface area contributed by atoms with E-state index in [0.29, 0.717) is 12.4 Å². The Morgan fingerprint density at radius 2 is 2.05 bits per heavy atom. The molecule has 0 aliphatic heterocycles. The van der Waals surface area contributed by atoms with E-state index in [-0.39, 0.29) is 0 Å². The molecule has 6 heteroatoms. The van der Waals surface area contributed by atoms with Gasteiger partial charge in [-0.05, 0) is 18.6 Å². The summed E-state index contributed by atoms with van der Waals surface area (Å²) in [5, 5.41) is 0. The van der Waals surface area contributed by atoms with Crippen LogP contribution in [0.5, 0.6) is 0 Å². The Hall–Kier alpha value is -1.88. The van der Waals surface area contributed by atoms with Crippen molar-refractivity contribution in [2.45, 2.75) is 19.3 Å². The van der Waals surface area contributed by atoms with E-state index >= 15 is 0 Å². The fourth-order valence-corrected chi connectivity index (χ4v) is 2.35. The molecule has 0 radical (unpaired) electrons. The van der Waals surface area contributed by atoms with Crippen LogP contribution in [0.4, 0.5) is 0 Å². The molecule has 0 spiro atoms. The first-order valence-electron chi connectivity index (χ1n) is 6.03. The Labute approximate surface area is 115 Å². The second-order valence-corrected chi connectivity index (χ2v) is 4.77. The molecule has 0 amide bonds. The van der Waals surface area contributed by atoms with Crippen LogP contribution < -0.4 is 0 Å². The number of rotatable bonds is 3. The van der Waals surface area contributed by atoms with E-state index in [1.54, 1.807) is 12.4 Å². The van der Waals surface area contributed by atoms with Crippen LogP contribution >= 0.6 is 11.6 Å². The molecule has 3 rings (SSSR count). The number of fused-ring (bicyclic) bond motifs is 1. The Balaban J connectivity index is 2.16. The molecule has 0 bridgehead atoms. The van der Waals surface area contributed by atoms with E-state index in [9.17, 15) is 0 Å². The first-order valence-corrected chi connectivity index (χ1v) is 6.57. The lowest BCUT2D eigenvalue weighted by Gasteiger charge is -2.07. The van der Waals surface area contributed by atoms with Crippen molar-refractivity contribution in [3.8, 4) is 0 Å². The highest BCUT2D eigenvalue weighted by atomic mass is 35.5. The van der Waals surface area contributed by atoms with Crippen LogP contribution in [-0.4, -0.2) is 24.1 Å². The van der Waals surface area contributed by atoms with Crippen LogP contribution in [-0.2, 0) is 19.5 Å². The third-order valence-electron chi connectivity index (χ3n) is 3.25. The van der Waals surface area contributed by atoms with Crippen molar-refractivity contribution in [3.63, 3.8) is 0 Å². The van der Waals surface area contributed by atoms with Crippen LogP contribution in [0.25, 0.3) is 11.2 Å². The molecule has 0 fully saturated rings. The zero-order valence-corrected chi connectivity index (χ0v) is 11.6. The SMILES string of the molecule is Cc1ccnc2c1nc(CCl)n2Cc1nccn1C. The lowest BCUT2D eigenvalue weighted by atomic mass is 10.3. The molecule has 0 unspecified atom stereocenters. The Morgan fingerprint density at radius 1 is 1.21 bits per heavy atom. The molecule has 19 heavy (non-hydrogen) atoms. The summed E-state index contributed by atoms with van der Waals surface area (Å²) in [6.45, 7) is 2.65. The van der Waals surface area contributed by atoms with Gasteiger partial charge < -0.3 is 9.13 Å². The largest absolute Gasteiger partial charge is 0.337 e. The third-order valence-corrected chi connectivity index (χ3v) is 3.49. The summed E-state index contributed by atoms with van der Waals surface area (Å²) in [7, 11) is 1.97. The quantitative estimate of drug-likeness (QED) is 0.689. The van der Waals surface area contributed by atoms with Gasteiger partial charge in [-0.15, -0.1) is 11.6 Å². The van der Waals surface area contributed by atoms with Crippen LogP contribution in [0, 0.1) is 6.92 Å². The lowest BCUT2D eigenvalue weighted by molar-refractivity contribution is 0.688. The molecule has 3 aromatic heterocycles. The molecule has 0 aliphatic rings. The van der Waals surface area contributed by atoms with E-state index in [0.717, 1.165) is 28.4 Å². The predicted octanol–water partition coefficient (Wildman–Crippen LogP) is 2.26. The number of nitrogens with zero attached hydrogens (tertiary/aromatic N) is 5. The van der Waals surface area contributed by atoms with Crippen molar-refractivity contribution in [1.82, 2.24) is 24.1 Å². The van der Waals surface area contributed by atoms with Gasteiger partial charge in [-0.25, -0.2) is 15.0 Å². The molecule has 5 nitrogen and oxygen atoms in total. The number of aryl methyl sites for hydroxylation is 2. The molecule has 98 valence electrons. The van der Waals surface area contributed by atoms with E-state index in [1.165, 1.54) is 0 Å². The number of alkyl halides is 1. The molecule has 0 aromatic carbocycles. The second-order valence-electron chi connectivity index (χ2n) is 4.50. The van der Waals surface area contributed by atoms with Crippen LogP contribution in [0.3, 0.4) is 0 Å². The van der Waals surface area contributed by atoms with Crippen LogP contribution in [0.15, 0.2) is 24.7 Å². The van der Waals surface area contributed by atoms with Gasteiger partial charge in [0.05, 0.1) is 12.4 Å². The van der Waals surface area contributed by atoms with Crippen molar-refractivity contribution in [1.29, 1.82) is 0 Å². The van der Waals surface area contributed by atoms with Gasteiger partial charge in [0.25, 0.3) is 0 Å². The Bertz CT molecular complexity index is 728. The van der Waals surface area contributed by atoms with E-state index in [4.69, 9.17) is 11.6 Å². The average Bonchev–Trinajstić information content (AvgIpc) is 2.96. The van der Waals surface area contributed by atoms with E-state index in [1.807, 2.05) is 35.4 Å². The maximum Gasteiger partial charge on any atom is 0.160 e. The van der Waals surface area contributed by atoms with Crippen molar-refractivity contribution in [2.75, 3.05) is 0 Å². The summed E-state index contributed by atoms with van der Waals surface area (Å²) in [6.07, 6.45) is 5.51. The van der Waals surface area contributed by atoms with Gasteiger partial charge in [0.1, 0.15) is 17.2 Å². The minimum Gasteiger partial charge on any atom is -0.337 e. The zero-order chi connectivity index (χ0) is 13.4. The molecule has 3 heterocycles. The number of imidazole rings is 2.